The van der Waals surface area contributed by atoms with Crippen LogP contribution in [0.15, 0.2) is 54.6 Å². The molecule has 2 aromatic carbocycles. The summed E-state index contributed by atoms with van der Waals surface area (Å²) in [6.07, 6.45) is 0. The molecular weight excluding hydrogens is 480 g/mol. The van der Waals surface area contributed by atoms with Gasteiger partial charge >= 0.3 is 12.0 Å². The summed E-state index contributed by atoms with van der Waals surface area (Å²) in [5.41, 5.74) is 0.374. The van der Waals surface area contributed by atoms with Crippen LogP contribution in [-0.2, 0) is 15.1 Å². The van der Waals surface area contributed by atoms with Crippen molar-refractivity contribution in [2.45, 2.75) is 5.54 Å². The molecule has 0 spiro atoms. The molecule has 0 saturated heterocycles. The minimum atomic E-state index is -1.36. The van der Waals surface area contributed by atoms with Gasteiger partial charge in [0, 0.05) is 18.7 Å². The van der Waals surface area contributed by atoms with E-state index in [1.165, 1.54) is 32.3 Å². The molecule has 2 N–H and O–H groups in total. The summed E-state index contributed by atoms with van der Waals surface area (Å²) < 4.78 is 21.6. The number of nitrogens with zero attached hydrogens (tertiary/aromatic N) is 3. The maximum absolute atomic E-state index is 13.0. The summed E-state index contributed by atoms with van der Waals surface area (Å²) in [6, 6.07) is 15.7. The van der Waals surface area contributed by atoms with Crippen molar-refractivity contribution in [3.63, 3.8) is 0 Å². The molecule has 11 heteroatoms. The number of carbonyl (C=O) groups is 2. The van der Waals surface area contributed by atoms with E-state index < -0.39 is 17.4 Å². The molecule has 4 rings (SSSR count). The topological polar surface area (TPSA) is 132 Å². The Balaban J connectivity index is 1.88. The number of hydrogen-bond acceptors (Lipinski definition) is 9. The zero-order valence-corrected chi connectivity index (χ0v) is 20.9. The van der Waals surface area contributed by atoms with Crippen molar-refractivity contribution < 1.29 is 33.6 Å². The van der Waals surface area contributed by atoms with Gasteiger partial charge < -0.3 is 29.0 Å². The largest absolute Gasteiger partial charge is 0.497 e. The number of carboxylic acids is 1. The van der Waals surface area contributed by atoms with E-state index >= 15 is 0 Å². The van der Waals surface area contributed by atoms with Crippen LogP contribution in [-0.4, -0.2) is 68.5 Å². The number of amides is 1. The second-order valence-electron chi connectivity index (χ2n) is 8.30. The number of fused-ring (bicyclic) bond motifs is 1. The Bertz CT molecular complexity index is 1260. The van der Waals surface area contributed by atoms with Crippen molar-refractivity contribution in [2.24, 2.45) is 5.92 Å². The molecule has 2 heterocycles. The number of aromatic nitrogens is 2. The summed E-state index contributed by atoms with van der Waals surface area (Å²) in [5.74, 6) is -1.68. The van der Waals surface area contributed by atoms with Crippen LogP contribution in [0, 0.1) is 5.92 Å². The van der Waals surface area contributed by atoms with E-state index in [1.54, 1.807) is 25.2 Å². The number of aliphatic carboxylic acids is 1. The molecule has 0 bridgehead atoms. The highest BCUT2D eigenvalue weighted by molar-refractivity contribution is 5.97. The first-order chi connectivity index (χ1) is 17.8. The lowest BCUT2D eigenvalue weighted by atomic mass is 9.72. The SMILES string of the molecule is COc1ccc2c(c1)N(C)C(=O)CN[C@]2(c1ccccc1)[C@H](COc1nc(OC)cc(OC)n1)C(=O)O. The van der Waals surface area contributed by atoms with Gasteiger partial charge in [-0.2, -0.15) is 9.97 Å². The van der Waals surface area contributed by atoms with E-state index in [0.29, 0.717) is 22.6 Å². The van der Waals surface area contributed by atoms with Gasteiger partial charge in [0.1, 0.15) is 18.3 Å². The molecule has 1 amide bonds. The Kier molecular flexibility index (Phi) is 7.44. The van der Waals surface area contributed by atoms with Crippen molar-refractivity contribution in [1.29, 1.82) is 0 Å². The quantitative estimate of drug-likeness (QED) is 0.443. The lowest BCUT2D eigenvalue weighted by Crippen LogP contribution is -2.54. The predicted molar refractivity (Wildman–Crippen MR) is 133 cm³/mol. The third-order valence-corrected chi connectivity index (χ3v) is 6.39. The number of likely N-dealkylation sites (N-methyl/N-ethyl adjacent to an activating group) is 1. The van der Waals surface area contributed by atoms with E-state index in [-0.39, 0.29) is 36.8 Å². The second-order valence-corrected chi connectivity index (χ2v) is 8.30. The van der Waals surface area contributed by atoms with Gasteiger partial charge in [-0.05, 0) is 11.6 Å². The monoisotopic (exact) mass is 508 g/mol. The van der Waals surface area contributed by atoms with Crippen molar-refractivity contribution in [3.05, 3.63) is 65.7 Å². The minimum Gasteiger partial charge on any atom is -0.497 e. The van der Waals surface area contributed by atoms with Crippen LogP contribution in [0.5, 0.6) is 23.5 Å². The lowest BCUT2D eigenvalue weighted by molar-refractivity contribution is -0.146. The number of rotatable bonds is 9. The summed E-state index contributed by atoms with van der Waals surface area (Å²) in [5, 5.41) is 13.8. The van der Waals surface area contributed by atoms with E-state index in [2.05, 4.69) is 15.3 Å². The third-order valence-electron chi connectivity index (χ3n) is 6.39. The standard InChI is InChI=1S/C26H28N4O7/c1-30-20-12-17(34-2)10-11-18(20)26(27-14-23(30)31,16-8-6-5-7-9-16)19(24(32)33)15-37-25-28-21(35-3)13-22(29-25)36-4/h5-13,19,27H,14-15H2,1-4H3,(H,32,33)/t19-,26+/m1/s1. The van der Waals surface area contributed by atoms with Crippen molar-refractivity contribution in [2.75, 3.05) is 46.4 Å². The average Bonchev–Trinajstić information content (AvgIpc) is 3.03. The Labute approximate surface area is 214 Å². The van der Waals surface area contributed by atoms with Crippen LogP contribution in [0.3, 0.4) is 0 Å². The fourth-order valence-electron chi connectivity index (χ4n) is 4.48. The van der Waals surface area contributed by atoms with Crippen molar-refractivity contribution in [1.82, 2.24) is 15.3 Å². The minimum absolute atomic E-state index is 0.109. The predicted octanol–water partition coefficient (Wildman–Crippen LogP) is 2.09. The molecule has 1 aromatic heterocycles. The normalized spacial score (nSPS) is 17.8. The number of carbonyl (C=O) groups excluding carboxylic acids is 1. The Morgan fingerprint density at radius 1 is 1.05 bits per heavy atom. The Morgan fingerprint density at radius 2 is 1.73 bits per heavy atom. The van der Waals surface area contributed by atoms with Gasteiger partial charge in [0.2, 0.25) is 17.7 Å². The molecule has 3 aromatic rings. The fraction of sp³-hybridized carbons (Fsp3) is 0.308. The summed E-state index contributed by atoms with van der Waals surface area (Å²) in [6.45, 7) is -0.452. The van der Waals surface area contributed by atoms with Crippen LogP contribution in [0.2, 0.25) is 0 Å². The van der Waals surface area contributed by atoms with E-state index in [4.69, 9.17) is 18.9 Å². The Hall–Kier alpha value is -4.38. The van der Waals surface area contributed by atoms with Crippen molar-refractivity contribution >= 4 is 17.6 Å². The zero-order chi connectivity index (χ0) is 26.6. The highest BCUT2D eigenvalue weighted by Crippen LogP contribution is 2.44. The fourth-order valence-corrected chi connectivity index (χ4v) is 4.48. The summed E-state index contributed by atoms with van der Waals surface area (Å²) in [4.78, 5) is 35.7. The Morgan fingerprint density at radius 3 is 2.32 bits per heavy atom. The van der Waals surface area contributed by atoms with Gasteiger partial charge in [-0.1, -0.05) is 36.4 Å². The average molecular weight is 509 g/mol. The zero-order valence-electron chi connectivity index (χ0n) is 20.9. The number of carboxylic acid groups (broad SMARTS) is 1. The maximum Gasteiger partial charge on any atom is 0.323 e. The summed E-state index contributed by atoms with van der Waals surface area (Å²) >= 11 is 0. The molecule has 11 nitrogen and oxygen atoms in total. The first-order valence-electron chi connectivity index (χ1n) is 11.4. The third kappa shape index (κ3) is 4.85. The number of benzene rings is 2. The number of methoxy groups -OCH3 is 3. The second kappa shape index (κ2) is 10.7. The molecule has 0 fully saturated rings. The van der Waals surface area contributed by atoms with E-state index in [9.17, 15) is 14.7 Å². The molecule has 0 unspecified atom stereocenters. The maximum atomic E-state index is 13.0. The smallest absolute Gasteiger partial charge is 0.323 e. The van der Waals surface area contributed by atoms with E-state index in [0.717, 1.165) is 0 Å². The van der Waals surface area contributed by atoms with Gasteiger partial charge in [0.25, 0.3) is 0 Å². The van der Waals surface area contributed by atoms with Crippen LogP contribution in [0.1, 0.15) is 11.1 Å². The molecule has 2 atom stereocenters. The number of nitrogens with one attached hydrogen (secondary N) is 1. The highest BCUT2D eigenvalue weighted by atomic mass is 16.5. The molecule has 1 aliphatic heterocycles. The highest BCUT2D eigenvalue weighted by Gasteiger charge is 2.50. The first kappa shape index (κ1) is 25.7. The lowest BCUT2D eigenvalue weighted by Gasteiger charge is -2.40. The van der Waals surface area contributed by atoms with Crippen LogP contribution in [0.25, 0.3) is 0 Å². The number of hydrogen-bond donors (Lipinski definition) is 2. The van der Waals surface area contributed by atoms with Gasteiger partial charge in [-0.15, -0.1) is 0 Å². The van der Waals surface area contributed by atoms with Crippen molar-refractivity contribution in [3.8, 4) is 23.5 Å². The molecule has 0 saturated carbocycles. The van der Waals surface area contributed by atoms with E-state index in [1.807, 2.05) is 30.3 Å². The number of anilines is 1. The van der Waals surface area contributed by atoms with Gasteiger partial charge in [-0.25, -0.2) is 0 Å². The van der Waals surface area contributed by atoms with Gasteiger partial charge in [-0.3, -0.25) is 14.9 Å². The first-order valence-corrected chi connectivity index (χ1v) is 11.4. The van der Waals surface area contributed by atoms with Crippen LogP contribution >= 0.6 is 0 Å². The number of ether oxygens (including phenoxy) is 4. The molecule has 0 radical (unpaired) electrons. The molecule has 194 valence electrons. The van der Waals surface area contributed by atoms with Gasteiger partial charge in [0.05, 0.1) is 45.2 Å². The molecule has 1 aliphatic rings. The van der Waals surface area contributed by atoms with Crippen LogP contribution < -0.4 is 29.2 Å². The molecule has 37 heavy (non-hydrogen) atoms. The molecular formula is C26H28N4O7. The summed E-state index contributed by atoms with van der Waals surface area (Å²) in [7, 11) is 6.04. The van der Waals surface area contributed by atoms with Crippen LogP contribution in [0.4, 0.5) is 5.69 Å². The molecule has 0 aliphatic carbocycles. The van der Waals surface area contributed by atoms with Gasteiger partial charge in [0.15, 0.2) is 0 Å².